The first-order valence-corrected chi connectivity index (χ1v) is 17.6. The van der Waals surface area contributed by atoms with E-state index in [9.17, 15) is 33.6 Å². The number of esters is 5. The average Bonchev–Trinajstić information content (AvgIpc) is 3.37. The molecule has 50 heavy (non-hydrogen) atoms. The van der Waals surface area contributed by atoms with Gasteiger partial charge in [0.25, 0.3) is 0 Å². The van der Waals surface area contributed by atoms with Gasteiger partial charge in [-0.2, -0.15) is 0 Å². The lowest BCUT2D eigenvalue weighted by molar-refractivity contribution is -0.314. The van der Waals surface area contributed by atoms with E-state index in [1.54, 1.807) is 0 Å². The van der Waals surface area contributed by atoms with Crippen molar-refractivity contribution in [2.75, 3.05) is 13.7 Å². The minimum atomic E-state index is -1.54. The van der Waals surface area contributed by atoms with Crippen LogP contribution in [0.5, 0.6) is 0 Å². The summed E-state index contributed by atoms with van der Waals surface area (Å²) in [6, 6.07) is 0. The van der Waals surface area contributed by atoms with E-state index in [1.165, 1.54) is 6.92 Å². The Morgan fingerprint density at radius 3 is 2.04 bits per heavy atom. The van der Waals surface area contributed by atoms with Crippen LogP contribution < -0.4 is 0 Å². The van der Waals surface area contributed by atoms with Crippen molar-refractivity contribution >= 4 is 41.4 Å². The topological polar surface area (TPSA) is 184 Å². The van der Waals surface area contributed by atoms with Crippen LogP contribution in [0.4, 0.5) is 0 Å². The monoisotopic (exact) mass is 706 g/mol. The number of rotatable bonds is 9. The summed E-state index contributed by atoms with van der Waals surface area (Å²) < 4.78 is 38.8. The van der Waals surface area contributed by atoms with E-state index in [2.05, 4.69) is 13.8 Å². The van der Waals surface area contributed by atoms with Crippen molar-refractivity contribution in [1.29, 1.82) is 0 Å². The molecule has 5 aliphatic rings. The second kappa shape index (κ2) is 14.7. The minimum absolute atomic E-state index is 0.115. The number of carbonyl (C=O) groups is 7. The van der Waals surface area contributed by atoms with Gasteiger partial charge >= 0.3 is 29.8 Å². The molecular formula is C36H50O14. The summed E-state index contributed by atoms with van der Waals surface area (Å²) in [5, 5.41) is 0. The number of Topliss-reactive ketones (excluding diaryl/α,β-unsaturated/α-hetero) is 2. The van der Waals surface area contributed by atoms with E-state index in [1.807, 2.05) is 0 Å². The van der Waals surface area contributed by atoms with E-state index in [-0.39, 0.29) is 53.2 Å². The largest absolute Gasteiger partial charge is 0.467 e. The maximum absolute atomic E-state index is 14.2. The van der Waals surface area contributed by atoms with Gasteiger partial charge in [-0.15, -0.1) is 0 Å². The van der Waals surface area contributed by atoms with Crippen LogP contribution in [0.25, 0.3) is 0 Å². The van der Waals surface area contributed by atoms with E-state index in [0.29, 0.717) is 32.1 Å². The first-order chi connectivity index (χ1) is 23.5. The lowest BCUT2D eigenvalue weighted by Crippen LogP contribution is -2.64. The summed E-state index contributed by atoms with van der Waals surface area (Å²) >= 11 is 0. The van der Waals surface area contributed by atoms with Gasteiger partial charge < -0.3 is 33.2 Å². The molecule has 0 radical (unpaired) electrons. The zero-order valence-corrected chi connectivity index (χ0v) is 29.9. The number of hydrogen-bond acceptors (Lipinski definition) is 14. The summed E-state index contributed by atoms with van der Waals surface area (Å²) in [6.07, 6.45) is -2.33. The van der Waals surface area contributed by atoms with Gasteiger partial charge in [0, 0.05) is 46.0 Å². The highest BCUT2D eigenvalue weighted by Crippen LogP contribution is 2.66. The summed E-state index contributed by atoms with van der Waals surface area (Å²) in [7, 11) is 1.13. The van der Waals surface area contributed by atoms with Crippen molar-refractivity contribution in [3.8, 4) is 0 Å². The molecule has 278 valence electrons. The molecule has 0 amide bonds. The summed E-state index contributed by atoms with van der Waals surface area (Å²) in [5.41, 5.74) is -0.777. The maximum Gasteiger partial charge on any atom is 0.339 e. The van der Waals surface area contributed by atoms with Gasteiger partial charge in [0.15, 0.2) is 36.5 Å². The Kier molecular flexibility index (Phi) is 11.1. The van der Waals surface area contributed by atoms with Crippen LogP contribution in [0.15, 0.2) is 0 Å². The van der Waals surface area contributed by atoms with Gasteiger partial charge in [0.1, 0.15) is 12.4 Å². The highest BCUT2D eigenvalue weighted by molar-refractivity contribution is 5.89. The molecule has 0 bridgehead atoms. The van der Waals surface area contributed by atoms with Gasteiger partial charge in [-0.3, -0.25) is 28.8 Å². The smallest absolute Gasteiger partial charge is 0.339 e. The van der Waals surface area contributed by atoms with Crippen LogP contribution >= 0.6 is 0 Å². The molecule has 4 aliphatic carbocycles. The van der Waals surface area contributed by atoms with Crippen LogP contribution in [0.3, 0.4) is 0 Å². The van der Waals surface area contributed by atoms with Gasteiger partial charge in [0.05, 0.1) is 13.2 Å². The third kappa shape index (κ3) is 7.19. The number of carbonyl (C=O) groups excluding carboxylic acids is 7. The molecule has 13 atom stereocenters. The summed E-state index contributed by atoms with van der Waals surface area (Å²) in [6.45, 7) is 8.68. The summed E-state index contributed by atoms with van der Waals surface area (Å²) in [4.78, 5) is 88.0. The molecule has 14 heteroatoms. The van der Waals surface area contributed by atoms with Gasteiger partial charge in [-0.25, -0.2) is 4.79 Å². The van der Waals surface area contributed by atoms with Gasteiger partial charge in [-0.05, 0) is 73.5 Å². The highest BCUT2D eigenvalue weighted by Gasteiger charge is 2.64. The Balaban J connectivity index is 1.34. The Morgan fingerprint density at radius 1 is 0.780 bits per heavy atom. The third-order valence-corrected chi connectivity index (χ3v) is 12.3. The molecule has 5 rings (SSSR count). The number of fused-ring (bicyclic) bond motifs is 5. The van der Waals surface area contributed by atoms with Gasteiger partial charge in [-0.1, -0.05) is 13.8 Å². The molecule has 0 N–H and O–H groups in total. The zero-order valence-electron chi connectivity index (χ0n) is 29.9. The Labute approximate surface area is 291 Å². The first kappa shape index (κ1) is 37.9. The van der Waals surface area contributed by atoms with E-state index < -0.39 is 72.1 Å². The maximum atomic E-state index is 14.2. The van der Waals surface area contributed by atoms with Crippen LogP contribution in [-0.2, 0) is 66.7 Å². The molecule has 0 aromatic heterocycles. The fraction of sp³-hybridized carbons (Fsp3) is 0.806. The number of ketones is 2. The Hall–Kier alpha value is -3.39. The molecule has 1 aliphatic heterocycles. The quantitative estimate of drug-likeness (QED) is 0.194. The zero-order chi connectivity index (χ0) is 36.7. The molecule has 1 heterocycles. The number of methoxy groups -OCH3 is 1. The molecule has 5 fully saturated rings. The van der Waals surface area contributed by atoms with Crippen LogP contribution in [0.2, 0.25) is 0 Å². The molecule has 0 aromatic rings. The van der Waals surface area contributed by atoms with Crippen molar-refractivity contribution in [2.24, 2.45) is 40.4 Å². The molecule has 14 nitrogen and oxygen atoms in total. The minimum Gasteiger partial charge on any atom is -0.467 e. The second-order valence-electron chi connectivity index (χ2n) is 15.3. The van der Waals surface area contributed by atoms with Crippen LogP contribution in [-0.4, -0.2) is 91.9 Å². The van der Waals surface area contributed by atoms with Crippen molar-refractivity contribution in [2.45, 2.75) is 130 Å². The fourth-order valence-corrected chi connectivity index (χ4v) is 10.3. The SMILES string of the molecule is COC(=O)C1OC(OC2CCC3(C)C(CCC4C5CCC(C(=O)COC(C)=O)C5(C)CC(=O)C43)C2)C(OC(C)=O)C(OC(C)=O)C1OC(C)=O. The van der Waals surface area contributed by atoms with Crippen LogP contribution in [0.1, 0.15) is 92.9 Å². The van der Waals surface area contributed by atoms with Crippen molar-refractivity contribution < 1.29 is 66.7 Å². The molecule has 0 aromatic carbocycles. The Bertz CT molecular complexity index is 1390. The predicted octanol–water partition coefficient (Wildman–Crippen LogP) is 3.03. The average molecular weight is 707 g/mol. The first-order valence-electron chi connectivity index (χ1n) is 17.6. The van der Waals surface area contributed by atoms with Crippen LogP contribution in [0, 0.1) is 40.4 Å². The number of hydrogen-bond donors (Lipinski definition) is 0. The van der Waals surface area contributed by atoms with E-state index >= 15 is 0 Å². The van der Waals surface area contributed by atoms with E-state index in [0.717, 1.165) is 47.1 Å². The predicted molar refractivity (Wildman–Crippen MR) is 169 cm³/mol. The van der Waals surface area contributed by atoms with Crippen molar-refractivity contribution in [3.63, 3.8) is 0 Å². The highest BCUT2D eigenvalue weighted by atomic mass is 16.7. The molecule has 13 unspecified atom stereocenters. The lowest BCUT2D eigenvalue weighted by Gasteiger charge is -2.60. The van der Waals surface area contributed by atoms with E-state index in [4.69, 9.17) is 33.2 Å². The fourth-order valence-electron chi connectivity index (χ4n) is 10.3. The Morgan fingerprint density at radius 2 is 1.42 bits per heavy atom. The molecular weight excluding hydrogens is 656 g/mol. The van der Waals surface area contributed by atoms with Crippen molar-refractivity contribution in [3.05, 3.63) is 0 Å². The van der Waals surface area contributed by atoms with Crippen molar-refractivity contribution in [1.82, 2.24) is 0 Å². The molecule has 1 saturated heterocycles. The second-order valence-corrected chi connectivity index (χ2v) is 15.3. The lowest BCUT2D eigenvalue weighted by atomic mass is 9.44. The number of ether oxygens (including phenoxy) is 7. The summed E-state index contributed by atoms with van der Waals surface area (Å²) in [5.74, 6) is -3.64. The molecule has 4 saturated carbocycles. The van der Waals surface area contributed by atoms with Gasteiger partial charge in [0.2, 0.25) is 0 Å². The molecule has 0 spiro atoms. The normalized spacial score (nSPS) is 40.6. The standard InChI is InChI=1S/C36H50O14/c1-17(37)45-16-27(42)25-11-10-24-23-9-8-21-14-22(12-13-35(21,5)28(23)26(41)15-36(24,25)6)49-34-32(48-20(4)40)30(47-19(3)39)29(46-18(2)38)31(50-34)33(43)44-7/h21-25,28-32,34H,8-16H2,1-7H3. The third-order valence-electron chi connectivity index (χ3n) is 12.3.